The van der Waals surface area contributed by atoms with Crippen LogP contribution in [0, 0.1) is 12.7 Å². The third-order valence-electron chi connectivity index (χ3n) is 7.05. The molecule has 1 unspecified atom stereocenters. The van der Waals surface area contributed by atoms with Crippen molar-refractivity contribution in [2.24, 2.45) is 0 Å². The molecule has 0 heterocycles. The van der Waals surface area contributed by atoms with Crippen molar-refractivity contribution in [3.8, 4) is 5.75 Å². The van der Waals surface area contributed by atoms with E-state index in [0.717, 1.165) is 15.4 Å². The van der Waals surface area contributed by atoms with Crippen LogP contribution in [0.15, 0.2) is 108 Å². The average Bonchev–Trinajstić information content (AvgIpc) is 3.02. The number of carbonyl (C=O) groups excluding carboxylic acids is 2. The first-order valence-electron chi connectivity index (χ1n) is 13.7. The number of rotatable bonds is 12. The van der Waals surface area contributed by atoms with Gasteiger partial charge in [-0.15, -0.1) is 0 Å². The fourth-order valence-corrected chi connectivity index (χ4v) is 6.07. The summed E-state index contributed by atoms with van der Waals surface area (Å²) in [5, 5.41) is 2.61. The first kappa shape index (κ1) is 31.2. The zero-order valence-corrected chi connectivity index (χ0v) is 25.1. The van der Waals surface area contributed by atoms with E-state index < -0.39 is 40.2 Å². The molecule has 1 N–H and O–H groups in total. The van der Waals surface area contributed by atoms with Crippen molar-refractivity contribution >= 4 is 27.5 Å². The first-order chi connectivity index (χ1) is 20.6. The Kier molecular flexibility index (Phi) is 10.2. The Morgan fingerprint density at radius 2 is 1.58 bits per heavy atom. The average molecular weight is 604 g/mol. The van der Waals surface area contributed by atoms with Gasteiger partial charge in [0.2, 0.25) is 11.8 Å². The molecule has 224 valence electrons. The fraction of sp³-hybridized carbons (Fsp3) is 0.212. The van der Waals surface area contributed by atoms with E-state index in [1.165, 1.54) is 55.5 Å². The normalized spacial score (nSPS) is 11.8. The van der Waals surface area contributed by atoms with E-state index in [1.807, 2.05) is 37.3 Å². The van der Waals surface area contributed by atoms with Crippen LogP contribution in [-0.4, -0.2) is 51.9 Å². The molecular formula is C33H34FN3O5S. The van der Waals surface area contributed by atoms with Gasteiger partial charge in [0.25, 0.3) is 10.0 Å². The third kappa shape index (κ3) is 7.58. The van der Waals surface area contributed by atoms with E-state index >= 15 is 0 Å². The van der Waals surface area contributed by atoms with Gasteiger partial charge in [-0.3, -0.25) is 13.9 Å². The minimum absolute atomic E-state index is 0.0125. The molecule has 0 aliphatic carbocycles. The molecule has 0 spiro atoms. The Labute approximate surface area is 251 Å². The predicted molar refractivity (Wildman–Crippen MR) is 164 cm³/mol. The molecule has 0 saturated carbocycles. The molecule has 0 bridgehead atoms. The number of likely N-dealkylation sites (N-methyl/N-ethyl adjacent to an activating group) is 1. The smallest absolute Gasteiger partial charge is 0.264 e. The van der Waals surface area contributed by atoms with Gasteiger partial charge in [0.05, 0.1) is 17.7 Å². The zero-order valence-electron chi connectivity index (χ0n) is 24.2. The minimum Gasteiger partial charge on any atom is -0.497 e. The lowest BCUT2D eigenvalue weighted by atomic mass is 10.0. The molecule has 4 aromatic carbocycles. The number of aryl methyl sites for hydroxylation is 1. The second-order valence-electron chi connectivity index (χ2n) is 9.96. The molecular weight excluding hydrogens is 569 g/mol. The molecule has 8 nitrogen and oxygen atoms in total. The van der Waals surface area contributed by atoms with E-state index in [2.05, 4.69) is 5.32 Å². The lowest BCUT2D eigenvalue weighted by Crippen LogP contribution is -2.53. The molecule has 0 fully saturated rings. The number of halogens is 1. The molecule has 4 aromatic rings. The number of methoxy groups -OCH3 is 1. The van der Waals surface area contributed by atoms with Crippen molar-refractivity contribution in [3.05, 3.63) is 126 Å². The Hall–Kier alpha value is -4.70. The maximum atomic E-state index is 14.9. The lowest BCUT2D eigenvalue weighted by molar-refractivity contribution is -0.139. The number of nitrogens with zero attached hydrogens (tertiary/aromatic N) is 2. The molecule has 0 saturated heterocycles. The van der Waals surface area contributed by atoms with Gasteiger partial charge in [0, 0.05) is 31.6 Å². The Morgan fingerprint density at radius 3 is 2.23 bits per heavy atom. The van der Waals surface area contributed by atoms with Crippen molar-refractivity contribution in [1.82, 2.24) is 10.2 Å². The van der Waals surface area contributed by atoms with Gasteiger partial charge < -0.3 is 15.0 Å². The summed E-state index contributed by atoms with van der Waals surface area (Å²) < 4.78 is 49.3. The van der Waals surface area contributed by atoms with Crippen LogP contribution in [0.2, 0.25) is 0 Å². The van der Waals surface area contributed by atoms with Gasteiger partial charge in [-0.05, 0) is 42.8 Å². The second-order valence-corrected chi connectivity index (χ2v) is 11.8. The predicted octanol–water partition coefficient (Wildman–Crippen LogP) is 4.72. The van der Waals surface area contributed by atoms with Gasteiger partial charge in [-0.25, -0.2) is 12.8 Å². The number of carbonyl (C=O) groups is 2. The van der Waals surface area contributed by atoms with Crippen molar-refractivity contribution in [2.75, 3.05) is 25.0 Å². The number of ether oxygens (including phenoxy) is 1. The number of nitrogens with one attached hydrogen (secondary N) is 1. The SMILES string of the molecule is CNC(=O)C(Cc1ccccc1)N(Cc1ccccc1F)C(=O)CN(c1cccc(OC)c1)S(=O)(=O)c1ccc(C)cc1. The van der Waals surface area contributed by atoms with Crippen molar-refractivity contribution in [3.63, 3.8) is 0 Å². The van der Waals surface area contributed by atoms with Gasteiger partial charge in [-0.2, -0.15) is 0 Å². The maximum Gasteiger partial charge on any atom is 0.264 e. The largest absolute Gasteiger partial charge is 0.497 e. The van der Waals surface area contributed by atoms with Gasteiger partial charge >= 0.3 is 0 Å². The van der Waals surface area contributed by atoms with Crippen LogP contribution in [0.3, 0.4) is 0 Å². The van der Waals surface area contributed by atoms with Crippen LogP contribution in [0.25, 0.3) is 0 Å². The molecule has 0 aromatic heterocycles. The molecule has 0 radical (unpaired) electrons. The standard InChI is InChI=1S/C33H34FN3O5S/c1-24-16-18-29(19-17-24)43(40,41)37(27-13-9-14-28(21-27)42-3)23-32(38)36(22-26-12-7-8-15-30(26)34)31(33(39)35-2)20-25-10-5-4-6-11-25/h4-19,21,31H,20,22-23H2,1-3H3,(H,35,39). The highest BCUT2D eigenvalue weighted by Crippen LogP contribution is 2.28. The van der Waals surface area contributed by atoms with E-state index in [9.17, 15) is 22.4 Å². The van der Waals surface area contributed by atoms with Crippen molar-refractivity contribution in [1.29, 1.82) is 0 Å². The third-order valence-corrected chi connectivity index (χ3v) is 8.83. The molecule has 10 heteroatoms. The number of amides is 2. The summed E-state index contributed by atoms with van der Waals surface area (Å²) in [6.07, 6.45) is 0.130. The van der Waals surface area contributed by atoms with Gasteiger partial charge in [-0.1, -0.05) is 72.3 Å². The molecule has 0 aliphatic heterocycles. The van der Waals surface area contributed by atoms with E-state index in [4.69, 9.17) is 4.74 Å². The number of hydrogen-bond acceptors (Lipinski definition) is 5. The quantitative estimate of drug-likeness (QED) is 0.253. The summed E-state index contributed by atoms with van der Waals surface area (Å²) >= 11 is 0. The van der Waals surface area contributed by atoms with Crippen LogP contribution < -0.4 is 14.4 Å². The molecule has 2 amide bonds. The highest BCUT2D eigenvalue weighted by Gasteiger charge is 2.34. The minimum atomic E-state index is -4.26. The van der Waals surface area contributed by atoms with Crippen LogP contribution in [-0.2, 0) is 32.6 Å². The molecule has 43 heavy (non-hydrogen) atoms. The topological polar surface area (TPSA) is 96.0 Å². The summed E-state index contributed by atoms with van der Waals surface area (Å²) in [4.78, 5) is 28.8. The molecule has 4 rings (SSSR count). The van der Waals surface area contributed by atoms with Crippen LogP contribution in [0.1, 0.15) is 16.7 Å². The summed E-state index contributed by atoms with van der Waals surface area (Å²) in [6.45, 7) is 0.930. The summed E-state index contributed by atoms with van der Waals surface area (Å²) in [6, 6.07) is 26.7. The van der Waals surface area contributed by atoms with E-state index in [1.54, 1.807) is 36.4 Å². The molecule has 1 atom stereocenters. The summed E-state index contributed by atoms with van der Waals surface area (Å²) in [7, 11) is -1.35. The number of hydrogen-bond donors (Lipinski definition) is 1. The highest BCUT2D eigenvalue weighted by atomic mass is 32.2. The van der Waals surface area contributed by atoms with Crippen LogP contribution in [0.5, 0.6) is 5.75 Å². The van der Waals surface area contributed by atoms with Gasteiger partial charge in [0.15, 0.2) is 0 Å². The van der Waals surface area contributed by atoms with Crippen LogP contribution in [0.4, 0.5) is 10.1 Å². The summed E-state index contributed by atoms with van der Waals surface area (Å²) in [5.41, 5.74) is 2.03. The first-order valence-corrected chi connectivity index (χ1v) is 15.1. The maximum absolute atomic E-state index is 14.9. The Balaban J connectivity index is 1.81. The second kappa shape index (κ2) is 14.0. The van der Waals surface area contributed by atoms with E-state index in [-0.39, 0.29) is 29.1 Å². The highest BCUT2D eigenvalue weighted by molar-refractivity contribution is 7.92. The lowest BCUT2D eigenvalue weighted by Gasteiger charge is -2.33. The van der Waals surface area contributed by atoms with Crippen molar-refractivity contribution in [2.45, 2.75) is 30.8 Å². The Morgan fingerprint density at radius 1 is 0.907 bits per heavy atom. The van der Waals surface area contributed by atoms with Crippen LogP contribution >= 0.6 is 0 Å². The monoisotopic (exact) mass is 603 g/mol. The summed E-state index contributed by atoms with van der Waals surface area (Å²) in [5.74, 6) is -1.31. The zero-order chi connectivity index (χ0) is 31.0. The Bertz CT molecular complexity index is 1660. The number of anilines is 1. The fourth-order valence-electron chi connectivity index (χ4n) is 4.66. The van der Waals surface area contributed by atoms with Gasteiger partial charge in [0.1, 0.15) is 24.2 Å². The number of sulfonamides is 1. The van der Waals surface area contributed by atoms with E-state index in [0.29, 0.717) is 5.75 Å². The van der Waals surface area contributed by atoms with Crippen molar-refractivity contribution < 1.29 is 27.1 Å². The molecule has 0 aliphatic rings. The number of benzene rings is 4.